The number of carboxylic acid groups (broad SMARTS) is 1. The van der Waals surface area contributed by atoms with Crippen molar-refractivity contribution in [2.75, 3.05) is 0 Å². The zero-order chi connectivity index (χ0) is 13.8. The highest BCUT2D eigenvalue weighted by Gasteiger charge is 2.11. The van der Waals surface area contributed by atoms with Gasteiger partial charge in [-0.25, -0.2) is 9.18 Å². The minimum absolute atomic E-state index is 0.00664. The van der Waals surface area contributed by atoms with Gasteiger partial charge in [-0.05, 0) is 36.4 Å². The molecule has 0 amide bonds. The number of aromatic hydroxyl groups is 1. The van der Waals surface area contributed by atoms with Crippen LogP contribution in [0, 0.1) is 5.82 Å². The molecule has 0 spiro atoms. The molecule has 0 fully saturated rings. The van der Waals surface area contributed by atoms with Gasteiger partial charge < -0.3 is 14.9 Å². The van der Waals surface area contributed by atoms with Gasteiger partial charge in [0.2, 0.25) is 0 Å². The van der Waals surface area contributed by atoms with Gasteiger partial charge in [0.15, 0.2) is 0 Å². The molecule has 0 heterocycles. The van der Waals surface area contributed by atoms with Gasteiger partial charge >= 0.3 is 5.97 Å². The highest BCUT2D eigenvalue weighted by molar-refractivity contribution is 5.89. The average molecular weight is 262 g/mol. The second-order valence-corrected chi connectivity index (χ2v) is 3.89. The van der Waals surface area contributed by atoms with E-state index in [1.165, 1.54) is 24.3 Å². The second kappa shape index (κ2) is 5.39. The summed E-state index contributed by atoms with van der Waals surface area (Å²) in [6.07, 6.45) is 0. The first-order valence-corrected chi connectivity index (χ1v) is 5.50. The molecule has 0 aromatic heterocycles. The third kappa shape index (κ3) is 3.22. The number of carbonyl (C=O) groups is 1. The zero-order valence-electron chi connectivity index (χ0n) is 9.84. The number of hydrogen-bond acceptors (Lipinski definition) is 3. The Labute approximate surface area is 108 Å². The van der Waals surface area contributed by atoms with Crippen LogP contribution in [0.25, 0.3) is 0 Å². The van der Waals surface area contributed by atoms with Crippen LogP contribution in [0.15, 0.2) is 42.5 Å². The summed E-state index contributed by atoms with van der Waals surface area (Å²) in [5.41, 5.74) is 0.251. The highest BCUT2D eigenvalue weighted by atomic mass is 19.1. The summed E-state index contributed by atoms with van der Waals surface area (Å²) in [4.78, 5) is 11.0. The molecule has 0 radical (unpaired) electrons. The molecule has 2 aromatic rings. The first kappa shape index (κ1) is 12.9. The molecule has 2 N–H and O–H groups in total. The van der Waals surface area contributed by atoms with Gasteiger partial charge in [-0.2, -0.15) is 0 Å². The van der Waals surface area contributed by atoms with E-state index in [2.05, 4.69) is 0 Å². The predicted molar refractivity (Wildman–Crippen MR) is 65.8 cm³/mol. The molecule has 0 atom stereocenters. The van der Waals surface area contributed by atoms with Crippen molar-refractivity contribution in [3.8, 4) is 11.5 Å². The summed E-state index contributed by atoms with van der Waals surface area (Å²) in [6.45, 7) is 0.00664. The first-order valence-electron chi connectivity index (χ1n) is 5.50. The lowest BCUT2D eigenvalue weighted by Crippen LogP contribution is -2.06. The van der Waals surface area contributed by atoms with Crippen molar-refractivity contribution in [1.29, 1.82) is 0 Å². The van der Waals surface area contributed by atoms with Crippen LogP contribution in [0.5, 0.6) is 11.5 Å². The number of halogens is 1. The quantitative estimate of drug-likeness (QED) is 0.889. The van der Waals surface area contributed by atoms with Crippen molar-refractivity contribution in [1.82, 2.24) is 0 Å². The molecule has 2 rings (SSSR count). The summed E-state index contributed by atoms with van der Waals surface area (Å²) >= 11 is 0. The largest absolute Gasteiger partial charge is 0.508 e. The average Bonchev–Trinajstić information content (AvgIpc) is 2.39. The molecular weight excluding hydrogens is 251 g/mol. The molecule has 0 saturated carbocycles. The Bertz CT molecular complexity index is 593. The van der Waals surface area contributed by atoms with Crippen molar-refractivity contribution in [2.24, 2.45) is 0 Å². The van der Waals surface area contributed by atoms with E-state index in [1.54, 1.807) is 12.1 Å². The third-order valence-electron chi connectivity index (χ3n) is 2.53. The number of hydrogen-bond donors (Lipinski definition) is 2. The van der Waals surface area contributed by atoms with Crippen LogP contribution in [0.3, 0.4) is 0 Å². The van der Waals surface area contributed by atoms with Crippen LogP contribution in [0.2, 0.25) is 0 Å². The Morgan fingerprint density at radius 1 is 1.16 bits per heavy atom. The molecule has 0 aliphatic rings. The van der Waals surface area contributed by atoms with Crippen molar-refractivity contribution in [3.05, 3.63) is 59.4 Å². The van der Waals surface area contributed by atoms with Gasteiger partial charge in [0.1, 0.15) is 23.9 Å². The Kier molecular flexibility index (Phi) is 3.66. The van der Waals surface area contributed by atoms with Crippen LogP contribution in [0.1, 0.15) is 15.9 Å². The number of benzene rings is 2. The lowest BCUT2D eigenvalue weighted by molar-refractivity contribution is 0.0693. The Balaban J connectivity index is 2.15. The second-order valence-electron chi connectivity index (χ2n) is 3.89. The maximum absolute atomic E-state index is 13.0. The van der Waals surface area contributed by atoms with Crippen LogP contribution in [-0.2, 0) is 6.61 Å². The van der Waals surface area contributed by atoms with Gasteiger partial charge in [-0.1, -0.05) is 6.07 Å². The van der Waals surface area contributed by atoms with Gasteiger partial charge in [-0.15, -0.1) is 0 Å². The third-order valence-corrected chi connectivity index (χ3v) is 2.53. The maximum atomic E-state index is 13.0. The van der Waals surface area contributed by atoms with E-state index < -0.39 is 11.8 Å². The van der Waals surface area contributed by atoms with Crippen molar-refractivity contribution < 1.29 is 24.1 Å². The summed E-state index contributed by atoms with van der Waals surface area (Å²) < 4.78 is 18.4. The Morgan fingerprint density at radius 2 is 1.84 bits per heavy atom. The van der Waals surface area contributed by atoms with E-state index in [-0.39, 0.29) is 17.9 Å². The first-order chi connectivity index (χ1) is 9.06. The van der Waals surface area contributed by atoms with Crippen LogP contribution < -0.4 is 4.74 Å². The number of phenolic OH excluding ortho intramolecular Hbond substituents is 1. The van der Waals surface area contributed by atoms with E-state index in [0.29, 0.717) is 11.3 Å². The fraction of sp³-hybridized carbons (Fsp3) is 0.0714. The van der Waals surface area contributed by atoms with E-state index in [4.69, 9.17) is 14.9 Å². The normalized spacial score (nSPS) is 10.2. The molecule has 2 aromatic carbocycles. The van der Waals surface area contributed by atoms with Crippen LogP contribution in [0.4, 0.5) is 4.39 Å². The van der Waals surface area contributed by atoms with Gasteiger partial charge in [0.25, 0.3) is 0 Å². The molecule has 5 heteroatoms. The molecule has 98 valence electrons. The van der Waals surface area contributed by atoms with Gasteiger partial charge in [-0.3, -0.25) is 0 Å². The molecule has 4 nitrogen and oxygen atoms in total. The monoisotopic (exact) mass is 262 g/mol. The number of phenols is 1. The summed E-state index contributed by atoms with van der Waals surface area (Å²) in [6, 6.07) is 9.54. The molecule has 19 heavy (non-hydrogen) atoms. The van der Waals surface area contributed by atoms with Crippen LogP contribution >= 0.6 is 0 Å². The topological polar surface area (TPSA) is 66.8 Å². The molecule has 0 unspecified atom stereocenters. The van der Waals surface area contributed by atoms with E-state index in [0.717, 1.165) is 6.07 Å². The van der Waals surface area contributed by atoms with Crippen molar-refractivity contribution in [3.63, 3.8) is 0 Å². The fourth-order valence-corrected chi connectivity index (χ4v) is 1.58. The number of rotatable bonds is 4. The number of ether oxygens (including phenoxy) is 1. The van der Waals surface area contributed by atoms with Gasteiger partial charge in [0.05, 0.1) is 5.56 Å². The molecule has 0 aliphatic carbocycles. The summed E-state index contributed by atoms with van der Waals surface area (Å²) in [5.74, 6) is -1.21. The van der Waals surface area contributed by atoms with Crippen molar-refractivity contribution >= 4 is 5.97 Å². The lowest BCUT2D eigenvalue weighted by atomic mass is 10.1. The zero-order valence-corrected chi connectivity index (χ0v) is 9.84. The fourth-order valence-electron chi connectivity index (χ4n) is 1.58. The Hall–Kier alpha value is -2.56. The Morgan fingerprint density at radius 3 is 2.47 bits per heavy atom. The van der Waals surface area contributed by atoms with Crippen LogP contribution in [-0.4, -0.2) is 16.2 Å². The van der Waals surface area contributed by atoms with E-state index in [1.807, 2.05) is 0 Å². The highest BCUT2D eigenvalue weighted by Crippen LogP contribution is 2.19. The smallest absolute Gasteiger partial charge is 0.336 e. The molecule has 0 saturated heterocycles. The molecular formula is C14H11FO4. The minimum atomic E-state index is -1.20. The standard InChI is InChI=1S/C14H11FO4/c15-10-2-1-9(13(7-10)14(17)18)8-19-12-5-3-11(16)4-6-12/h1-7,16H,8H2,(H,17,18). The summed E-state index contributed by atoms with van der Waals surface area (Å²) in [7, 11) is 0. The van der Waals surface area contributed by atoms with E-state index >= 15 is 0 Å². The SMILES string of the molecule is O=C(O)c1cc(F)ccc1COc1ccc(O)cc1. The molecule has 0 aliphatic heterocycles. The number of aromatic carboxylic acids is 1. The molecule has 0 bridgehead atoms. The van der Waals surface area contributed by atoms with Crippen molar-refractivity contribution in [2.45, 2.75) is 6.61 Å². The lowest BCUT2D eigenvalue weighted by Gasteiger charge is -2.09. The summed E-state index contributed by atoms with van der Waals surface area (Å²) in [5, 5.41) is 18.1. The predicted octanol–water partition coefficient (Wildman–Crippen LogP) is 2.81. The minimum Gasteiger partial charge on any atom is -0.508 e. The number of carboxylic acids is 1. The van der Waals surface area contributed by atoms with E-state index in [9.17, 15) is 9.18 Å². The maximum Gasteiger partial charge on any atom is 0.336 e. The van der Waals surface area contributed by atoms with Gasteiger partial charge in [0, 0.05) is 5.56 Å².